The van der Waals surface area contributed by atoms with Crippen LogP contribution in [0.15, 0.2) is 54.6 Å². The fraction of sp³-hybridized carbons (Fsp3) is 0.294. The third-order valence-corrected chi connectivity index (χ3v) is 2.60. The first-order valence-corrected chi connectivity index (χ1v) is 6.35. The van der Waals surface area contributed by atoms with E-state index in [1.807, 2.05) is 18.2 Å². The molecule has 0 aromatic heterocycles. The Balaban J connectivity index is 2.04. The van der Waals surface area contributed by atoms with Gasteiger partial charge in [0.2, 0.25) is 0 Å². The maximum atomic E-state index is 5.81. The molecule has 0 aliphatic carbocycles. The van der Waals surface area contributed by atoms with E-state index in [0.29, 0.717) is 0 Å². The van der Waals surface area contributed by atoms with Crippen LogP contribution in [0, 0.1) is 0 Å². The van der Waals surface area contributed by atoms with E-state index in [1.54, 1.807) is 0 Å². The van der Waals surface area contributed by atoms with E-state index in [0.717, 1.165) is 12.2 Å². The highest BCUT2D eigenvalue weighted by atomic mass is 16.5. The Morgan fingerprint density at radius 3 is 1.89 bits per heavy atom. The number of hydrogen-bond acceptors (Lipinski definition) is 1. The van der Waals surface area contributed by atoms with E-state index in [4.69, 9.17) is 4.74 Å². The molecular weight excluding hydrogens is 220 g/mol. The van der Waals surface area contributed by atoms with E-state index in [9.17, 15) is 0 Å². The second-order valence-corrected chi connectivity index (χ2v) is 5.52. The van der Waals surface area contributed by atoms with Crippen molar-refractivity contribution in [2.75, 3.05) is 0 Å². The molecule has 0 saturated heterocycles. The van der Waals surface area contributed by atoms with Crippen molar-refractivity contribution in [3.63, 3.8) is 0 Å². The van der Waals surface area contributed by atoms with Crippen LogP contribution in [0.25, 0.3) is 0 Å². The molecule has 18 heavy (non-hydrogen) atoms. The van der Waals surface area contributed by atoms with E-state index in [-0.39, 0.29) is 5.60 Å². The van der Waals surface area contributed by atoms with E-state index in [1.165, 1.54) is 11.1 Å². The van der Waals surface area contributed by atoms with Crippen molar-refractivity contribution in [2.45, 2.75) is 32.8 Å². The summed E-state index contributed by atoms with van der Waals surface area (Å²) in [6.45, 7) is 6.18. The second-order valence-electron chi connectivity index (χ2n) is 5.52. The van der Waals surface area contributed by atoms with Crippen LogP contribution in [-0.4, -0.2) is 5.60 Å². The third-order valence-electron chi connectivity index (χ3n) is 2.60. The highest BCUT2D eigenvalue weighted by Crippen LogP contribution is 2.19. The Morgan fingerprint density at radius 1 is 0.778 bits per heavy atom. The van der Waals surface area contributed by atoms with Crippen molar-refractivity contribution in [2.24, 2.45) is 0 Å². The molecule has 0 saturated carbocycles. The largest absolute Gasteiger partial charge is 0.488 e. The topological polar surface area (TPSA) is 9.23 Å². The zero-order valence-corrected chi connectivity index (χ0v) is 11.3. The van der Waals surface area contributed by atoms with Crippen LogP contribution in [0.5, 0.6) is 5.75 Å². The molecule has 0 aliphatic heterocycles. The predicted molar refractivity (Wildman–Crippen MR) is 76.1 cm³/mol. The SMILES string of the molecule is CC(C)(C)Oc1ccc(Cc2ccccc2)cc1. The minimum atomic E-state index is -0.138. The Bertz CT molecular complexity index is 477. The number of rotatable bonds is 3. The van der Waals surface area contributed by atoms with Gasteiger partial charge in [0.25, 0.3) is 0 Å². The Kier molecular flexibility index (Phi) is 3.71. The number of hydrogen-bond donors (Lipinski definition) is 0. The Labute approximate surface area is 109 Å². The molecule has 0 radical (unpaired) electrons. The lowest BCUT2D eigenvalue weighted by Gasteiger charge is -2.21. The Hall–Kier alpha value is -1.76. The van der Waals surface area contributed by atoms with Gasteiger partial charge in [0, 0.05) is 0 Å². The van der Waals surface area contributed by atoms with E-state index >= 15 is 0 Å². The highest BCUT2D eigenvalue weighted by Gasteiger charge is 2.11. The quantitative estimate of drug-likeness (QED) is 0.770. The summed E-state index contributed by atoms with van der Waals surface area (Å²) in [6.07, 6.45) is 0.969. The van der Waals surface area contributed by atoms with Crippen LogP contribution in [0.2, 0.25) is 0 Å². The summed E-state index contributed by atoms with van der Waals surface area (Å²) in [7, 11) is 0. The van der Waals surface area contributed by atoms with Crippen molar-refractivity contribution < 1.29 is 4.74 Å². The maximum Gasteiger partial charge on any atom is 0.120 e. The molecule has 0 spiro atoms. The lowest BCUT2D eigenvalue weighted by molar-refractivity contribution is 0.131. The van der Waals surface area contributed by atoms with Crippen LogP contribution in [0.3, 0.4) is 0 Å². The third kappa shape index (κ3) is 3.92. The van der Waals surface area contributed by atoms with Crippen molar-refractivity contribution in [3.8, 4) is 5.75 Å². The summed E-state index contributed by atoms with van der Waals surface area (Å²) in [5.74, 6) is 0.930. The average Bonchev–Trinajstić information content (AvgIpc) is 2.31. The summed E-state index contributed by atoms with van der Waals surface area (Å²) in [5.41, 5.74) is 2.51. The molecule has 0 atom stereocenters. The molecule has 0 bridgehead atoms. The molecule has 2 aromatic carbocycles. The fourth-order valence-electron chi connectivity index (χ4n) is 1.86. The average molecular weight is 240 g/mol. The van der Waals surface area contributed by atoms with Gasteiger partial charge in [-0.1, -0.05) is 42.5 Å². The van der Waals surface area contributed by atoms with E-state index in [2.05, 4.69) is 57.2 Å². The molecule has 1 heteroatoms. The van der Waals surface area contributed by atoms with Crippen molar-refractivity contribution in [1.82, 2.24) is 0 Å². The first kappa shape index (κ1) is 12.7. The molecule has 0 N–H and O–H groups in total. The minimum Gasteiger partial charge on any atom is -0.488 e. The lowest BCUT2D eigenvalue weighted by Crippen LogP contribution is -2.22. The van der Waals surface area contributed by atoms with Crippen molar-refractivity contribution in [3.05, 3.63) is 65.7 Å². The molecule has 2 aromatic rings. The summed E-state index contributed by atoms with van der Waals surface area (Å²) in [6, 6.07) is 18.9. The van der Waals surface area contributed by atoms with Crippen molar-refractivity contribution in [1.29, 1.82) is 0 Å². The lowest BCUT2D eigenvalue weighted by atomic mass is 10.1. The van der Waals surface area contributed by atoms with Gasteiger partial charge in [-0.3, -0.25) is 0 Å². The first-order valence-electron chi connectivity index (χ1n) is 6.35. The first-order chi connectivity index (χ1) is 8.53. The van der Waals surface area contributed by atoms with E-state index < -0.39 is 0 Å². The zero-order valence-electron chi connectivity index (χ0n) is 11.3. The number of ether oxygens (including phenoxy) is 1. The molecule has 2 rings (SSSR count). The molecule has 0 unspecified atom stereocenters. The van der Waals surface area contributed by atoms with Gasteiger partial charge >= 0.3 is 0 Å². The molecule has 94 valence electrons. The fourth-order valence-corrected chi connectivity index (χ4v) is 1.86. The Morgan fingerprint density at radius 2 is 1.33 bits per heavy atom. The van der Waals surface area contributed by atoms with Gasteiger partial charge < -0.3 is 4.74 Å². The zero-order chi connectivity index (χ0) is 13.0. The monoisotopic (exact) mass is 240 g/mol. The van der Waals surface area contributed by atoms with Crippen LogP contribution in [0.4, 0.5) is 0 Å². The minimum absolute atomic E-state index is 0.138. The van der Waals surface area contributed by atoms with Gasteiger partial charge in [0.1, 0.15) is 11.4 Å². The van der Waals surface area contributed by atoms with Crippen LogP contribution in [-0.2, 0) is 6.42 Å². The van der Waals surface area contributed by atoms with Gasteiger partial charge in [-0.2, -0.15) is 0 Å². The van der Waals surface area contributed by atoms with Gasteiger partial charge in [0.05, 0.1) is 0 Å². The molecule has 0 aliphatic rings. The maximum absolute atomic E-state index is 5.81. The molecule has 0 amide bonds. The summed E-state index contributed by atoms with van der Waals surface area (Å²) >= 11 is 0. The van der Waals surface area contributed by atoms with Crippen LogP contribution < -0.4 is 4.74 Å². The molecular formula is C17H20O. The normalized spacial score (nSPS) is 11.3. The highest BCUT2D eigenvalue weighted by molar-refractivity contribution is 5.31. The smallest absolute Gasteiger partial charge is 0.120 e. The van der Waals surface area contributed by atoms with Gasteiger partial charge in [-0.25, -0.2) is 0 Å². The summed E-state index contributed by atoms with van der Waals surface area (Å²) < 4.78 is 5.81. The molecule has 1 nitrogen and oxygen atoms in total. The van der Waals surface area contributed by atoms with Crippen LogP contribution >= 0.6 is 0 Å². The van der Waals surface area contributed by atoms with Crippen molar-refractivity contribution >= 4 is 0 Å². The predicted octanol–water partition coefficient (Wildman–Crippen LogP) is 4.45. The van der Waals surface area contributed by atoms with Gasteiger partial charge in [-0.05, 0) is 50.5 Å². The van der Waals surface area contributed by atoms with Gasteiger partial charge in [-0.15, -0.1) is 0 Å². The summed E-state index contributed by atoms with van der Waals surface area (Å²) in [5, 5.41) is 0. The molecule has 0 fully saturated rings. The standard InChI is InChI=1S/C17H20O/c1-17(2,3)18-16-11-9-15(10-12-16)13-14-7-5-4-6-8-14/h4-12H,13H2,1-3H3. The van der Waals surface area contributed by atoms with Crippen LogP contribution in [0.1, 0.15) is 31.9 Å². The number of benzene rings is 2. The second kappa shape index (κ2) is 5.26. The summed E-state index contributed by atoms with van der Waals surface area (Å²) in [4.78, 5) is 0. The van der Waals surface area contributed by atoms with Gasteiger partial charge in [0.15, 0.2) is 0 Å². The molecule has 0 heterocycles.